The molecule has 0 saturated carbocycles. The Labute approximate surface area is 147 Å². The van der Waals surface area contributed by atoms with Gasteiger partial charge in [0, 0.05) is 11.0 Å². The van der Waals surface area contributed by atoms with Crippen molar-refractivity contribution in [2.24, 2.45) is 0 Å². The standard InChI is InChI=1S/C17H16F2N2O3S/c1-11-2-5-13(6-3-11)25-10-17(23)21-20-16(22)9-24-15-7-4-12(18)8-14(15)19/h2-8H,9-10H2,1H3,(H,20,22)(H,21,23). The highest BCUT2D eigenvalue weighted by atomic mass is 32.2. The van der Waals surface area contributed by atoms with E-state index in [9.17, 15) is 18.4 Å². The van der Waals surface area contributed by atoms with Crippen LogP contribution >= 0.6 is 11.8 Å². The highest BCUT2D eigenvalue weighted by molar-refractivity contribution is 8.00. The van der Waals surface area contributed by atoms with Gasteiger partial charge in [-0.1, -0.05) is 17.7 Å². The highest BCUT2D eigenvalue weighted by Crippen LogP contribution is 2.18. The molecule has 5 nitrogen and oxygen atoms in total. The van der Waals surface area contributed by atoms with Crippen molar-refractivity contribution in [3.05, 3.63) is 59.7 Å². The van der Waals surface area contributed by atoms with Crippen LogP contribution in [0.15, 0.2) is 47.4 Å². The van der Waals surface area contributed by atoms with Crippen LogP contribution < -0.4 is 15.6 Å². The number of halogens is 2. The average Bonchev–Trinajstić information content (AvgIpc) is 2.58. The van der Waals surface area contributed by atoms with E-state index in [2.05, 4.69) is 10.9 Å². The lowest BCUT2D eigenvalue weighted by molar-refractivity contribution is -0.128. The van der Waals surface area contributed by atoms with Crippen LogP contribution in [0.1, 0.15) is 5.56 Å². The van der Waals surface area contributed by atoms with Crippen LogP contribution in [0.5, 0.6) is 5.75 Å². The van der Waals surface area contributed by atoms with E-state index in [0.29, 0.717) is 6.07 Å². The van der Waals surface area contributed by atoms with E-state index in [-0.39, 0.29) is 11.5 Å². The molecular formula is C17H16F2N2O3S. The van der Waals surface area contributed by atoms with Gasteiger partial charge in [0.05, 0.1) is 5.75 Å². The minimum atomic E-state index is -0.911. The summed E-state index contributed by atoms with van der Waals surface area (Å²) in [6.45, 7) is 1.45. The maximum Gasteiger partial charge on any atom is 0.276 e. The van der Waals surface area contributed by atoms with E-state index in [1.807, 2.05) is 31.2 Å². The van der Waals surface area contributed by atoms with E-state index in [0.717, 1.165) is 22.6 Å². The molecule has 0 aliphatic rings. The molecule has 2 rings (SSSR count). The lowest BCUT2D eigenvalue weighted by Crippen LogP contribution is -2.44. The zero-order chi connectivity index (χ0) is 18.2. The van der Waals surface area contributed by atoms with Gasteiger partial charge in [0.25, 0.3) is 5.91 Å². The molecule has 0 aliphatic heterocycles. The van der Waals surface area contributed by atoms with E-state index >= 15 is 0 Å². The van der Waals surface area contributed by atoms with E-state index in [4.69, 9.17) is 4.74 Å². The highest BCUT2D eigenvalue weighted by Gasteiger charge is 2.09. The van der Waals surface area contributed by atoms with Gasteiger partial charge in [0.1, 0.15) is 5.82 Å². The largest absolute Gasteiger partial charge is 0.481 e. The number of hydrogen-bond acceptors (Lipinski definition) is 4. The van der Waals surface area contributed by atoms with Gasteiger partial charge in [0.15, 0.2) is 18.2 Å². The average molecular weight is 366 g/mol. The SMILES string of the molecule is Cc1ccc(SCC(=O)NNC(=O)COc2ccc(F)cc2F)cc1. The fourth-order valence-electron chi connectivity index (χ4n) is 1.73. The molecule has 0 fully saturated rings. The molecule has 2 aromatic carbocycles. The van der Waals surface area contributed by atoms with Crippen LogP contribution in [0.3, 0.4) is 0 Å². The number of rotatable bonds is 6. The Balaban J connectivity index is 1.68. The summed E-state index contributed by atoms with van der Waals surface area (Å²) in [7, 11) is 0. The van der Waals surface area contributed by atoms with Crippen molar-refractivity contribution >= 4 is 23.6 Å². The summed E-state index contributed by atoms with van der Waals surface area (Å²) >= 11 is 1.32. The Morgan fingerprint density at radius 2 is 1.72 bits per heavy atom. The monoisotopic (exact) mass is 366 g/mol. The second kappa shape index (κ2) is 9.03. The van der Waals surface area contributed by atoms with Crippen molar-refractivity contribution in [2.75, 3.05) is 12.4 Å². The van der Waals surface area contributed by atoms with Crippen molar-refractivity contribution in [1.29, 1.82) is 0 Å². The number of carbonyl (C=O) groups is 2. The van der Waals surface area contributed by atoms with Crippen molar-refractivity contribution < 1.29 is 23.1 Å². The van der Waals surface area contributed by atoms with E-state index < -0.39 is 30.1 Å². The third-order valence-electron chi connectivity index (χ3n) is 2.98. The van der Waals surface area contributed by atoms with Gasteiger partial charge in [-0.2, -0.15) is 0 Å². The number of carbonyl (C=O) groups excluding carboxylic acids is 2. The van der Waals surface area contributed by atoms with Crippen LogP contribution in [0.4, 0.5) is 8.78 Å². The molecule has 0 aliphatic carbocycles. The smallest absolute Gasteiger partial charge is 0.276 e. The molecule has 0 unspecified atom stereocenters. The minimum absolute atomic E-state index is 0.122. The quantitative estimate of drug-likeness (QED) is 0.609. The van der Waals surface area contributed by atoms with Crippen LogP contribution in [-0.4, -0.2) is 24.2 Å². The predicted octanol–water partition coefficient (Wildman–Crippen LogP) is 2.59. The third kappa shape index (κ3) is 6.42. The summed E-state index contributed by atoms with van der Waals surface area (Å²) in [6.07, 6.45) is 0. The Morgan fingerprint density at radius 3 is 2.40 bits per heavy atom. The normalized spacial score (nSPS) is 10.2. The van der Waals surface area contributed by atoms with Crippen molar-refractivity contribution in [3.63, 3.8) is 0 Å². The fourth-order valence-corrected chi connectivity index (χ4v) is 2.43. The van der Waals surface area contributed by atoms with Crippen molar-refractivity contribution in [3.8, 4) is 5.75 Å². The molecule has 25 heavy (non-hydrogen) atoms. The number of ether oxygens (including phenoxy) is 1. The fraction of sp³-hybridized carbons (Fsp3) is 0.176. The number of nitrogens with one attached hydrogen (secondary N) is 2. The van der Waals surface area contributed by atoms with Crippen LogP contribution in [0.2, 0.25) is 0 Å². The molecule has 2 N–H and O–H groups in total. The van der Waals surface area contributed by atoms with Crippen molar-refractivity contribution in [1.82, 2.24) is 10.9 Å². The molecule has 0 bridgehead atoms. The zero-order valence-electron chi connectivity index (χ0n) is 13.3. The molecule has 0 aromatic heterocycles. The Hall–Kier alpha value is -2.61. The molecule has 2 amide bonds. The van der Waals surface area contributed by atoms with Gasteiger partial charge >= 0.3 is 0 Å². The molecule has 2 aromatic rings. The first kappa shape index (κ1) is 18.7. The molecule has 0 radical (unpaired) electrons. The molecular weight excluding hydrogens is 350 g/mol. The zero-order valence-corrected chi connectivity index (χ0v) is 14.2. The summed E-state index contributed by atoms with van der Waals surface area (Å²) in [5.41, 5.74) is 5.51. The first-order valence-electron chi connectivity index (χ1n) is 7.29. The molecule has 0 spiro atoms. The summed E-state index contributed by atoms with van der Waals surface area (Å²) in [6, 6.07) is 10.4. The van der Waals surface area contributed by atoms with Crippen LogP contribution in [0.25, 0.3) is 0 Å². The first-order chi connectivity index (χ1) is 11.9. The van der Waals surface area contributed by atoms with Gasteiger partial charge in [-0.3, -0.25) is 20.4 Å². The summed E-state index contributed by atoms with van der Waals surface area (Å²) < 4.78 is 31.0. The van der Waals surface area contributed by atoms with E-state index in [1.165, 1.54) is 11.8 Å². The maximum absolute atomic E-state index is 13.3. The summed E-state index contributed by atoms with van der Waals surface area (Å²) in [5.74, 6) is -2.85. The second-order valence-electron chi connectivity index (χ2n) is 5.06. The van der Waals surface area contributed by atoms with Gasteiger partial charge in [-0.15, -0.1) is 11.8 Å². The maximum atomic E-state index is 13.3. The topological polar surface area (TPSA) is 67.4 Å². The van der Waals surface area contributed by atoms with Gasteiger partial charge in [-0.05, 0) is 31.2 Å². The van der Waals surface area contributed by atoms with Crippen LogP contribution in [0, 0.1) is 18.6 Å². The number of aryl methyl sites for hydroxylation is 1. The number of benzene rings is 2. The third-order valence-corrected chi connectivity index (χ3v) is 4.00. The molecule has 0 heterocycles. The van der Waals surface area contributed by atoms with Crippen LogP contribution in [-0.2, 0) is 9.59 Å². The predicted molar refractivity (Wildman–Crippen MR) is 90.0 cm³/mol. The summed E-state index contributed by atoms with van der Waals surface area (Å²) in [4.78, 5) is 24.2. The number of amides is 2. The second-order valence-corrected chi connectivity index (χ2v) is 6.11. The Bertz CT molecular complexity index is 754. The van der Waals surface area contributed by atoms with Gasteiger partial charge in [-0.25, -0.2) is 8.78 Å². The number of hydrazine groups is 1. The van der Waals surface area contributed by atoms with Gasteiger partial charge < -0.3 is 4.74 Å². The molecule has 8 heteroatoms. The van der Waals surface area contributed by atoms with Crippen molar-refractivity contribution in [2.45, 2.75) is 11.8 Å². The van der Waals surface area contributed by atoms with Gasteiger partial charge in [0.2, 0.25) is 5.91 Å². The lowest BCUT2D eigenvalue weighted by Gasteiger charge is -2.09. The minimum Gasteiger partial charge on any atom is -0.481 e. The molecule has 0 atom stereocenters. The Kier molecular flexibility index (Phi) is 6.76. The summed E-state index contributed by atoms with van der Waals surface area (Å²) in [5, 5.41) is 0. The molecule has 0 saturated heterocycles. The first-order valence-corrected chi connectivity index (χ1v) is 8.27. The van der Waals surface area contributed by atoms with E-state index in [1.54, 1.807) is 0 Å². The number of hydrogen-bond donors (Lipinski definition) is 2. The lowest BCUT2D eigenvalue weighted by atomic mass is 10.2. The number of thioether (sulfide) groups is 1. The Morgan fingerprint density at radius 1 is 1.04 bits per heavy atom. The molecule has 132 valence electrons.